The second-order valence-corrected chi connectivity index (χ2v) is 6.20. The van der Waals surface area contributed by atoms with Crippen molar-refractivity contribution in [3.63, 3.8) is 0 Å². The minimum Gasteiger partial charge on any atom is -0.403 e. The number of carbonyl (C=O) groups is 1. The van der Waals surface area contributed by atoms with Crippen molar-refractivity contribution in [1.29, 1.82) is 0 Å². The number of hydrogen-bond acceptors (Lipinski definition) is 3. The number of nitrogens with zero attached hydrogens (tertiary/aromatic N) is 1. The predicted molar refractivity (Wildman–Crippen MR) is 98.5 cm³/mol. The molecule has 6 heteroatoms. The van der Waals surface area contributed by atoms with Crippen molar-refractivity contribution in [2.45, 2.75) is 0 Å². The molecule has 0 spiro atoms. The van der Waals surface area contributed by atoms with Gasteiger partial charge in [0.15, 0.2) is 5.70 Å². The number of benzene rings is 2. The quantitative estimate of drug-likeness (QED) is 0.511. The Labute approximate surface area is 153 Å². The smallest absolute Gasteiger partial charge is 0.363 e. The van der Waals surface area contributed by atoms with Gasteiger partial charge in [-0.25, -0.2) is 9.79 Å². The molecular weight excluding hydrogens is 369 g/mol. The molecule has 24 heavy (non-hydrogen) atoms. The predicted octanol–water partition coefficient (Wildman–Crippen LogP) is 5.66. The van der Waals surface area contributed by atoms with E-state index in [4.69, 9.17) is 39.5 Å². The molecule has 0 unspecified atom stereocenters. The van der Waals surface area contributed by atoms with Crippen molar-refractivity contribution in [3.05, 3.63) is 80.4 Å². The Morgan fingerprint density at radius 2 is 1.62 bits per heavy atom. The van der Waals surface area contributed by atoms with Crippen LogP contribution >= 0.6 is 34.8 Å². The Hall–Kier alpha value is -2.07. The van der Waals surface area contributed by atoms with Gasteiger partial charge in [0.2, 0.25) is 5.90 Å². The van der Waals surface area contributed by atoms with Crippen LogP contribution < -0.4 is 0 Å². The first-order chi connectivity index (χ1) is 11.5. The summed E-state index contributed by atoms with van der Waals surface area (Å²) in [4.78, 5) is 16.0. The molecule has 2 aromatic carbocycles. The lowest BCUT2D eigenvalue weighted by atomic mass is 10.2. The van der Waals surface area contributed by atoms with E-state index in [0.29, 0.717) is 15.1 Å². The first-order valence-corrected chi connectivity index (χ1v) is 8.06. The minimum absolute atomic E-state index is 0.200. The van der Waals surface area contributed by atoms with Gasteiger partial charge in [0.05, 0.1) is 0 Å². The second-order valence-electron chi connectivity index (χ2n) is 4.92. The van der Waals surface area contributed by atoms with Gasteiger partial charge in [0.25, 0.3) is 0 Å². The van der Waals surface area contributed by atoms with E-state index in [2.05, 4.69) is 4.99 Å². The number of esters is 1. The van der Waals surface area contributed by atoms with Gasteiger partial charge in [-0.05, 0) is 47.5 Å². The third-order valence-corrected chi connectivity index (χ3v) is 3.99. The molecule has 3 rings (SSSR count). The summed E-state index contributed by atoms with van der Waals surface area (Å²) in [6.45, 7) is 0. The molecule has 2 aromatic rings. The van der Waals surface area contributed by atoms with Gasteiger partial charge >= 0.3 is 5.97 Å². The highest BCUT2D eigenvalue weighted by Gasteiger charge is 2.21. The third kappa shape index (κ3) is 4.06. The Balaban J connectivity index is 1.81. The van der Waals surface area contributed by atoms with E-state index < -0.39 is 5.97 Å². The number of aliphatic imine (C=N–C) groups is 1. The molecular formula is C18H10Cl3NO2. The van der Waals surface area contributed by atoms with E-state index in [1.807, 2.05) is 0 Å². The van der Waals surface area contributed by atoms with Crippen molar-refractivity contribution in [2.24, 2.45) is 4.99 Å². The number of hydrogen-bond donors (Lipinski definition) is 0. The Morgan fingerprint density at radius 3 is 2.33 bits per heavy atom. The van der Waals surface area contributed by atoms with Crippen LogP contribution in [0, 0.1) is 0 Å². The summed E-state index contributed by atoms with van der Waals surface area (Å²) in [5, 5.41) is 1.67. The van der Waals surface area contributed by atoms with Crippen LogP contribution in [-0.2, 0) is 9.53 Å². The first-order valence-electron chi connectivity index (χ1n) is 6.92. The van der Waals surface area contributed by atoms with Crippen molar-refractivity contribution in [2.75, 3.05) is 0 Å². The maximum Gasteiger partial charge on any atom is 0.363 e. The van der Waals surface area contributed by atoms with Crippen LogP contribution in [-0.4, -0.2) is 11.9 Å². The van der Waals surface area contributed by atoms with Crippen LogP contribution in [0.5, 0.6) is 0 Å². The van der Waals surface area contributed by atoms with E-state index in [1.54, 1.807) is 60.7 Å². The lowest BCUT2D eigenvalue weighted by molar-refractivity contribution is -0.129. The van der Waals surface area contributed by atoms with Crippen molar-refractivity contribution in [3.8, 4) is 0 Å². The van der Waals surface area contributed by atoms with Crippen LogP contribution in [0.3, 0.4) is 0 Å². The van der Waals surface area contributed by atoms with E-state index in [-0.39, 0.29) is 11.6 Å². The zero-order valence-electron chi connectivity index (χ0n) is 12.2. The van der Waals surface area contributed by atoms with E-state index in [1.165, 1.54) is 0 Å². The summed E-state index contributed by atoms with van der Waals surface area (Å²) in [5.41, 5.74) is 1.77. The number of rotatable bonds is 3. The number of halogens is 3. The first kappa shape index (κ1) is 16.8. The highest BCUT2D eigenvalue weighted by molar-refractivity contribution is 6.35. The Bertz CT molecular complexity index is 884. The zero-order chi connectivity index (χ0) is 17.1. The normalized spacial score (nSPS) is 15.9. The SMILES string of the molecule is O=C1OC(/C=C/c2ccc(Cl)cc2Cl)=NC/1=C\c1ccc(Cl)cc1. The average molecular weight is 379 g/mol. The summed E-state index contributed by atoms with van der Waals surface area (Å²) in [6.07, 6.45) is 4.92. The fourth-order valence-electron chi connectivity index (χ4n) is 2.01. The molecule has 0 fully saturated rings. The van der Waals surface area contributed by atoms with Crippen LogP contribution in [0.1, 0.15) is 11.1 Å². The van der Waals surface area contributed by atoms with Gasteiger partial charge in [-0.15, -0.1) is 0 Å². The van der Waals surface area contributed by atoms with Crippen molar-refractivity contribution < 1.29 is 9.53 Å². The molecule has 0 atom stereocenters. The topological polar surface area (TPSA) is 38.7 Å². The Kier molecular flexibility index (Phi) is 5.05. The largest absolute Gasteiger partial charge is 0.403 e. The summed E-state index contributed by atoms with van der Waals surface area (Å²) in [7, 11) is 0. The molecule has 0 amide bonds. The highest BCUT2D eigenvalue weighted by atomic mass is 35.5. The number of cyclic esters (lactones) is 1. The van der Waals surface area contributed by atoms with Gasteiger partial charge in [-0.3, -0.25) is 0 Å². The van der Waals surface area contributed by atoms with Gasteiger partial charge in [-0.1, -0.05) is 53.0 Å². The molecule has 1 aliphatic heterocycles. The lowest BCUT2D eigenvalue weighted by Gasteiger charge is -1.98. The van der Waals surface area contributed by atoms with Crippen LogP contribution in [0.2, 0.25) is 15.1 Å². The Morgan fingerprint density at radius 1 is 0.917 bits per heavy atom. The minimum atomic E-state index is -0.508. The van der Waals surface area contributed by atoms with Gasteiger partial charge in [-0.2, -0.15) is 0 Å². The number of ether oxygens (including phenoxy) is 1. The summed E-state index contributed by atoms with van der Waals surface area (Å²) in [6, 6.07) is 12.2. The number of carbonyl (C=O) groups excluding carboxylic acids is 1. The van der Waals surface area contributed by atoms with Gasteiger partial charge in [0.1, 0.15) is 0 Å². The standard InChI is InChI=1S/C18H10Cl3NO2/c19-13-5-1-11(2-6-13)9-16-18(23)24-17(22-16)8-4-12-3-7-14(20)10-15(12)21/h1-10H/b8-4+,16-9-. The highest BCUT2D eigenvalue weighted by Crippen LogP contribution is 2.23. The van der Waals surface area contributed by atoms with Gasteiger partial charge < -0.3 is 4.74 Å². The summed E-state index contributed by atoms with van der Waals surface area (Å²) < 4.78 is 5.12. The molecule has 3 nitrogen and oxygen atoms in total. The van der Waals surface area contributed by atoms with Crippen molar-refractivity contribution >= 4 is 58.8 Å². The van der Waals surface area contributed by atoms with E-state index in [9.17, 15) is 4.79 Å². The molecule has 0 N–H and O–H groups in total. The van der Waals surface area contributed by atoms with Crippen LogP contribution in [0.15, 0.2) is 59.2 Å². The molecule has 0 saturated carbocycles. The molecule has 0 aliphatic carbocycles. The fraction of sp³-hybridized carbons (Fsp3) is 0. The van der Waals surface area contributed by atoms with Crippen LogP contribution in [0.4, 0.5) is 0 Å². The third-order valence-electron chi connectivity index (χ3n) is 3.18. The molecule has 1 heterocycles. The summed E-state index contributed by atoms with van der Waals surface area (Å²) in [5.74, 6) is -0.307. The fourth-order valence-corrected chi connectivity index (χ4v) is 2.61. The molecule has 0 bridgehead atoms. The average Bonchev–Trinajstić information content (AvgIpc) is 2.89. The zero-order valence-corrected chi connectivity index (χ0v) is 14.4. The van der Waals surface area contributed by atoms with E-state index >= 15 is 0 Å². The lowest BCUT2D eigenvalue weighted by Crippen LogP contribution is -2.01. The van der Waals surface area contributed by atoms with Crippen LogP contribution in [0.25, 0.3) is 12.2 Å². The maximum atomic E-state index is 11.9. The van der Waals surface area contributed by atoms with Crippen molar-refractivity contribution in [1.82, 2.24) is 0 Å². The molecule has 1 aliphatic rings. The monoisotopic (exact) mass is 377 g/mol. The molecule has 120 valence electrons. The van der Waals surface area contributed by atoms with Gasteiger partial charge in [0, 0.05) is 21.1 Å². The summed E-state index contributed by atoms with van der Waals surface area (Å²) >= 11 is 17.8. The second kappa shape index (κ2) is 7.22. The molecule has 0 radical (unpaired) electrons. The van der Waals surface area contributed by atoms with E-state index in [0.717, 1.165) is 11.1 Å². The maximum absolute atomic E-state index is 11.9. The molecule has 0 aromatic heterocycles. The molecule has 0 saturated heterocycles.